The van der Waals surface area contributed by atoms with Gasteiger partial charge in [0.05, 0.1) is 28.6 Å². The number of benzene rings is 3. The Morgan fingerprint density at radius 2 is 1.84 bits per heavy atom. The van der Waals surface area contributed by atoms with Crippen molar-refractivity contribution in [1.29, 1.82) is 0 Å². The molecule has 4 aromatic rings. The van der Waals surface area contributed by atoms with E-state index in [9.17, 15) is 22.7 Å². The average Bonchev–Trinajstić information content (AvgIpc) is 3.17. The van der Waals surface area contributed by atoms with Gasteiger partial charge in [0.15, 0.2) is 0 Å². The van der Waals surface area contributed by atoms with Crippen LogP contribution in [0.5, 0.6) is 5.75 Å². The van der Waals surface area contributed by atoms with Crippen LogP contribution < -0.4 is 14.2 Å². The number of nitrogens with one attached hydrogen (secondary N) is 2. The summed E-state index contributed by atoms with van der Waals surface area (Å²) in [6.45, 7) is 0. The Bertz CT molecular complexity index is 1420. The van der Waals surface area contributed by atoms with E-state index >= 15 is 0 Å². The molecule has 0 amide bonds. The van der Waals surface area contributed by atoms with Gasteiger partial charge in [-0.05, 0) is 54.6 Å². The number of aromatic nitrogens is 1. The molecule has 0 unspecified atom stereocenters. The van der Waals surface area contributed by atoms with Gasteiger partial charge in [-0.3, -0.25) is 9.44 Å². The summed E-state index contributed by atoms with van der Waals surface area (Å²) in [5.74, 6) is -1.58. The number of fused-ring (bicyclic) bond motifs is 1. The van der Waals surface area contributed by atoms with Gasteiger partial charge in [-0.25, -0.2) is 14.2 Å². The molecule has 164 valence electrons. The fraction of sp³-hybridized carbons (Fsp3) is 0.0476. The molecule has 8 nitrogen and oxygen atoms in total. The van der Waals surface area contributed by atoms with Gasteiger partial charge >= 0.3 is 16.2 Å². The van der Waals surface area contributed by atoms with Gasteiger partial charge in [0.1, 0.15) is 22.3 Å². The number of carboxylic acids is 1. The molecule has 3 N–H and O–H groups in total. The van der Waals surface area contributed by atoms with E-state index in [0.29, 0.717) is 15.2 Å². The van der Waals surface area contributed by atoms with Crippen LogP contribution in [0, 0.1) is 5.82 Å². The Morgan fingerprint density at radius 3 is 2.53 bits per heavy atom. The first-order valence-electron chi connectivity index (χ1n) is 9.13. The Morgan fingerprint density at radius 1 is 1.09 bits per heavy atom. The quantitative estimate of drug-likeness (QED) is 0.362. The molecule has 0 radical (unpaired) electrons. The van der Waals surface area contributed by atoms with Crippen LogP contribution in [0.25, 0.3) is 20.8 Å². The molecule has 1 aromatic heterocycles. The number of carbonyl (C=O) groups is 1. The van der Waals surface area contributed by atoms with Crippen molar-refractivity contribution in [2.24, 2.45) is 0 Å². The number of rotatable bonds is 7. The summed E-state index contributed by atoms with van der Waals surface area (Å²) in [7, 11) is -2.89. The molecule has 32 heavy (non-hydrogen) atoms. The van der Waals surface area contributed by atoms with E-state index in [1.54, 1.807) is 24.3 Å². The minimum Gasteiger partial charge on any atom is -0.495 e. The van der Waals surface area contributed by atoms with Gasteiger partial charge in [-0.1, -0.05) is 6.07 Å². The van der Waals surface area contributed by atoms with Crippen molar-refractivity contribution in [2.45, 2.75) is 0 Å². The molecular formula is C21H16FN3O5S2. The first kappa shape index (κ1) is 21.5. The third kappa shape index (κ3) is 4.48. The van der Waals surface area contributed by atoms with E-state index in [1.807, 2.05) is 0 Å². The Kier molecular flexibility index (Phi) is 5.68. The van der Waals surface area contributed by atoms with E-state index in [2.05, 4.69) is 14.4 Å². The van der Waals surface area contributed by atoms with Crippen LogP contribution in [-0.4, -0.2) is 31.6 Å². The second-order valence-electron chi connectivity index (χ2n) is 6.60. The predicted octanol–water partition coefficient (Wildman–Crippen LogP) is 4.58. The van der Waals surface area contributed by atoms with Crippen molar-refractivity contribution < 1.29 is 27.4 Å². The van der Waals surface area contributed by atoms with E-state index in [0.717, 1.165) is 5.56 Å². The fourth-order valence-electron chi connectivity index (χ4n) is 3.00. The predicted molar refractivity (Wildman–Crippen MR) is 121 cm³/mol. The van der Waals surface area contributed by atoms with Gasteiger partial charge in [0.25, 0.3) is 0 Å². The number of methoxy groups -OCH3 is 1. The zero-order chi connectivity index (χ0) is 22.9. The maximum absolute atomic E-state index is 13.2. The van der Waals surface area contributed by atoms with Gasteiger partial charge in [-0.15, -0.1) is 11.3 Å². The number of thiazole rings is 1. The third-order valence-corrected chi connectivity index (χ3v) is 6.49. The van der Waals surface area contributed by atoms with Crippen LogP contribution in [-0.2, 0) is 10.2 Å². The molecule has 11 heteroatoms. The van der Waals surface area contributed by atoms with Gasteiger partial charge in [-0.2, -0.15) is 8.42 Å². The number of ether oxygens (including phenoxy) is 1. The minimum atomic E-state index is -4.20. The van der Waals surface area contributed by atoms with Crippen LogP contribution in [0.3, 0.4) is 0 Å². The number of para-hydroxylation sites is 1. The minimum absolute atomic E-state index is 0.0668. The second-order valence-corrected chi connectivity index (χ2v) is 9.05. The molecule has 0 saturated carbocycles. The van der Waals surface area contributed by atoms with Crippen molar-refractivity contribution >= 4 is 49.1 Å². The maximum Gasteiger partial charge on any atom is 0.337 e. The molecule has 0 aliphatic rings. The summed E-state index contributed by atoms with van der Waals surface area (Å²) in [6.07, 6.45) is 0. The lowest BCUT2D eigenvalue weighted by atomic mass is 10.1. The Hall–Kier alpha value is -3.70. The zero-order valence-electron chi connectivity index (χ0n) is 16.5. The molecule has 0 fully saturated rings. The molecular weight excluding hydrogens is 457 g/mol. The van der Waals surface area contributed by atoms with Gasteiger partial charge in [0, 0.05) is 5.56 Å². The lowest BCUT2D eigenvalue weighted by Crippen LogP contribution is -2.23. The molecule has 0 bridgehead atoms. The maximum atomic E-state index is 13.2. The van der Waals surface area contributed by atoms with E-state index in [1.165, 1.54) is 54.8 Å². The smallest absolute Gasteiger partial charge is 0.337 e. The summed E-state index contributed by atoms with van der Waals surface area (Å²) in [6, 6.07) is 14.9. The highest BCUT2D eigenvalue weighted by molar-refractivity contribution is 7.94. The SMILES string of the molecule is COc1cccc(C(=O)O)c1NS(=O)(=O)Nc1ccc2nc(-c3ccc(F)cc3)sc2c1. The van der Waals surface area contributed by atoms with Gasteiger partial charge < -0.3 is 9.84 Å². The molecule has 0 spiro atoms. The van der Waals surface area contributed by atoms with Crippen molar-refractivity contribution in [1.82, 2.24) is 4.98 Å². The van der Waals surface area contributed by atoms with E-state index in [-0.39, 0.29) is 28.5 Å². The van der Waals surface area contributed by atoms with Crippen LogP contribution in [0.15, 0.2) is 60.7 Å². The van der Waals surface area contributed by atoms with Crippen LogP contribution in [0.2, 0.25) is 0 Å². The third-order valence-electron chi connectivity index (χ3n) is 4.44. The Labute approximate surface area is 186 Å². The zero-order valence-corrected chi connectivity index (χ0v) is 18.1. The molecule has 4 rings (SSSR count). The molecule has 0 aliphatic heterocycles. The lowest BCUT2D eigenvalue weighted by molar-refractivity contribution is 0.0697. The van der Waals surface area contributed by atoms with E-state index in [4.69, 9.17) is 4.74 Å². The fourth-order valence-corrected chi connectivity index (χ4v) is 4.98. The summed E-state index contributed by atoms with van der Waals surface area (Å²) >= 11 is 1.33. The number of aromatic carboxylic acids is 1. The monoisotopic (exact) mass is 473 g/mol. The van der Waals surface area contributed by atoms with Crippen molar-refractivity contribution in [3.05, 3.63) is 72.0 Å². The summed E-state index contributed by atoms with van der Waals surface area (Å²) < 4.78 is 49.0. The van der Waals surface area contributed by atoms with Gasteiger partial charge in [0.2, 0.25) is 0 Å². The normalized spacial score (nSPS) is 11.3. The molecule has 0 atom stereocenters. The first-order valence-corrected chi connectivity index (χ1v) is 11.4. The van der Waals surface area contributed by atoms with Crippen molar-refractivity contribution in [3.63, 3.8) is 0 Å². The summed E-state index contributed by atoms with van der Waals surface area (Å²) in [4.78, 5) is 16.0. The molecule has 3 aromatic carbocycles. The van der Waals surface area contributed by atoms with Crippen LogP contribution in [0.4, 0.5) is 15.8 Å². The highest BCUT2D eigenvalue weighted by Crippen LogP contribution is 2.33. The highest BCUT2D eigenvalue weighted by atomic mass is 32.2. The molecule has 1 heterocycles. The van der Waals surface area contributed by atoms with Crippen LogP contribution >= 0.6 is 11.3 Å². The number of hydrogen-bond acceptors (Lipinski definition) is 6. The number of halogens is 1. The van der Waals surface area contributed by atoms with Crippen LogP contribution in [0.1, 0.15) is 10.4 Å². The summed E-state index contributed by atoms with van der Waals surface area (Å²) in [5.41, 5.74) is 1.21. The number of carboxylic acid groups (broad SMARTS) is 1. The molecule has 0 saturated heterocycles. The second kappa shape index (κ2) is 8.44. The average molecular weight is 474 g/mol. The lowest BCUT2D eigenvalue weighted by Gasteiger charge is -2.15. The Balaban J connectivity index is 1.62. The number of hydrogen-bond donors (Lipinski definition) is 3. The molecule has 0 aliphatic carbocycles. The first-order chi connectivity index (χ1) is 15.3. The van der Waals surface area contributed by atoms with Crippen molar-refractivity contribution in [2.75, 3.05) is 16.6 Å². The largest absolute Gasteiger partial charge is 0.495 e. The number of anilines is 2. The summed E-state index contributed by atoms with van der Waals surface area (Å²) in [5, 5.41) is 10.0. The van der Waals surface area contributed by atoms with E-state index < -0.39 is 16.2 Å². The van der Waals surface area contributed by atoms with Crippen molar-refractivity contribution in [3.8, 4) is 16.3 Å². The standard InChI is InChI=1S/C21H16FN3O5S2/c1-30-17-4-2-3-15(21(26)27)19(17)25-32(28,29)24-14-9-10-16-18(11-14)31-20(23-16)12-5-7-13(22)8-6-12/h2-11,24-25H,1H3,(H,26,27). The topological polar surface area (TPSA) is 118 Å². The highest BCUT2D eigenvalue weighted by Gasteiger charge is 2.20. The number of nitrogens with zero attached hydrogens (tertiary/aromatic N) is 1.